The number of aromatic nitrogens is 1. The summed E-state index contributed by atoms with van der Waals surface area (Å²) in [5, 5.41) is 20.2. The zero-order chi connectivity index (χ0) is 14.5. The van der Waals surface area contributed by atoms with Crippen LogP contribution in [0.25, 0.3) is 0 Å². The molecule has 0 saturated heterocycles. The fourth-order valence-electron chi connectivity index (χ4n) is 3.71. The van der Waals surface area contributed by atoms with Crippen LogP contribution in [0.1, 0.15) is 24.6 Å². The Balaban J connectivity index is 2.21. The summed E-state index contributed by atoms with van der Waals surface area (Å²) in [5.41, 5.74) is 1.91. The number of methoxy groups -OCH3 is 1. The number of hydrogen-bond donors (Lipinski definition) is 1. The SMILES string of the molecule is C=C1C2Cc3nc(OC)ccc3C1(C#N)CC(C)C2O. The molecule has 104 valence electrons. The van der Waals surface area contributed by atoms with E-state index in [4.69, 9.17) is 4.74 Å². The predicted octanol–water partition coefficient (Wildman–Crippen LogP) is 1.98. The van der Waals surface area contributed by atoms with Crippen molar-refractivity contribution in [1.82, 2.24) is 4.98 Å². The van der Waals surface area contributed by atoms with Crippen LogP contribution in [0.15, 0.2) is 24.3 Å². The van der Waals surface area contributed by atoms with E-state index in [1.807, 2.05) is 13.0 Å². The zero-order valence-corrected chi connectivity index (χ0v) is 11.8. The molecule has 4 unspecified atom stereocenters. The highest BCUT2D eigenvalue weighted by Gasteiger charge is 2.52. The van der Waals surface area contributed by atoms with Crippen LogP contribution in [0, 0.1) is 23.2 Å². The van der Waals surface area contributed by atoms with Crippen LogP contribution in [0.5, 0.6) is 5.88 Å². The molecule has 0 amide bonds. The van der Waals surface area contributed by atoms with E-state index in [-0.39, 0.29) is 11.8 Å². The third-order valence-corrected chi connectivity index (χ3v) is 4.84. The molecule has 3 rings (SSSR count). The van der Waals surface area contributed by atoms with E-state index >= 15 is 0 Å². The van der Waals surface area contributed by atoms with Gasteiger partial charge in [0.25, 0.3) is 0 Å². The molecule has 4 heteroatoms. The molecule has 1 N–H and O–H groups in total. The van der Waals surface area contributed by atoms with Crippen molar-refractivity contribution in [3.8, 4) is 11.9 Å². The molecule has 1 aromatic heterocycles. The maximum Gasteiger partial charge on any atom is 0.213 e. The average molecular weight is 270 g/mol. The summed E-state index contributed by atoms with van der Waals surface area (Å²) in [6, 6.07) is 6.17. The van der Waals surface area contributed by atoms with Crippen LogP contribution in [-0.2, 0) is 11.8 Å². The average Bonchev–Trinajstić information content (AvgIpc) is 2.46. The largest absolute Gasteiger partial charge is 0.481 e. The maximum absolute atomic E-state index is 10.4. The Kier molecular flexibility index (Phi) is 2.84. The van der Waals surface area contributed by atoms with Crippen LogP contribution in [-0.4, -0.2) is 23.3 Å². The Morgan fingerprint density at radius 2 is 2.30 bits per heavy atom. The molecular formula is C16H18N2O2. The number of nitriles is 1. The van der Waals surface area contributed by atoms with Crippen molar-refractivity contribution in [2.24, 2.45) is 11.8 Å². The van der Waals surface area contributed by atoms with E-state index in [9.17, 15) is 10.4 Å². The van der Waals surface area contributed by atoms with Gasteiger partial charge in [-0.1, -0.05) is 13.5 Å². The first kappa shape index (κ1) is 13.1. The summed E-state index contributed by atoms with van der Waals surface area (Å²) in [5.74, 6) is 0.538. The first-order valence-corrected chi connectivity index (χ1v) is 6.86. The van der Waals surface area contributed by atoms with Gasteiger partial charge in [0.15, 0.2) is 0 Å². The van der Waals surface area contributed by atoms with Gasteiger partial charge in [-0.05, 0) is 36.0 Å². The van der Waals surface area contributed by atoms with E-state index in [1.54, 1.807) is 13.2 Å². The third-order valence-electron chi connectivity index (χ3n) is 4.84. The second-order valence-corrected chi connectivity index (χ2v) is 5.87. The fraction of sp³-hybridized carbons (Fsp3) is 0.500. The van der Waals surface area contributed by atoms with Gasteiger partial charge >= 0.3 is 0 Å². The molecule has 1 fully saturated rings. The van der Waals surface area contributed by atoms with E-state index < -0.39 is 11.5 Å². The van der Waals surface area contributed by atoms with Crippen molar-refractivity contribution in [2.45, 2.75) is 31.3 Å². The van der Waals surface area contributed by atoms with Gasteiger partial charge in [0.1, 0.15) is 5.41 Å². The maximum atomic E-state index is 10.4. The van der Waals surface area contributed by atoms with Gasteiger partial charge in [-0.15, -0.1) is 0 Å². The Morgan fingerprint density at radius 1 is 1.55 bits per heavy atom. The number of aliphatic hydroxyl groups is 1. The Bertz CT molecular complexity index is 619. The van der Waals surface area contributed by atoms with Gasteiger partial charge in [0.2, 0.25) is 5.88 Å². The lowest BCUT2D eigenvalue weighted by atomic mass is 9.55. The summed E-state index contributed by atoms with van der Waals surface area (Å²) < 4.78 is 5.16. The highest BCUT2D eigenvalue weighted by atomic mass is 16.5. The fourth-order valence-corrected chi connectivity index (χ4v) is 3.71. The second kappa shape index (κ2) is 4.32. The minimum absolute atomic E-state index is 0.0837. The number of fused-ring (bicyclic) bond motifs is 4. The van der Waals surface area contributed by atoms with Crippen LogP contribution in [0.4, 0.5) is 0 Å². The standard InChI is InChI=1S/C16H18N2O2/c1-9-7-16(8-17)10(2)11(15(9)19)6-13-12(16)4-5-14(18-13)20-3/h4-5,9,11,15,19H,2,6-7H2,1,3H3. The number of nitrogens with zero attached hydrogens (tertiary/aromatic N) is 2. The summed E-state index contributed by atoms with van der Waals surface area (Å²) in [7, 11) is 1.58. The van der Waals surface area contributed by atoms with Crippen LogP contribution in [0.2, 0.25) is 0 Å². The van der Waals surface area contributed by atoms with Gasteiger partial charge in [-0.25, -0.2) is 4.98 Å². The molecule has 2 aliphatic rings. The van der Waals surface area contributed by atoms with Crippen molar-refractivity contribution >= 4 is 0 Å². The van der Waals surface area contributed by atoms with Gasteiger partial charge in [0.05, 0.1) is 25.0 Å². The van der Waals surface area contributed by atoms with Gasteiger partial charge in [-0.2, -0.15) is 5.26 Å². The lowest BCUT2D eigenvalue weighted by molar-refractivity contribution is 0.0310. The number of hydrogen-bond acceptors (Lipinski definition) is 4. The molecule has 0 spiro atoms. The van der Waals surface area contributed by atoms with Crippen molar-refractivity contribution in [3.05, 3.63) is 35.5 Å². The summed E-state index contributed by atoms with van der Waals surface area (Å²) >= 11 is 0. The summed E-state index contributed by atoms with van der Waals surface area (Å²) in [6.45, 7) is 6.12. The normalized spacial score (nSPS) is 35.1. The van der Waals surface area contributed by atoms with E-state index in [1.165, 1.54) is 0 Å². The minimum atomic E-state index is -0.712. The quantitative estimate of drug-likeness (QED) is 0.792. The highest BCUT2D eigenvalue weighted by molar-refractivity contribution is 5.52. The van der Waals surface area contributed by atoms with Crippen LogP contribution < -0.4 is 4.74 Å². The van der Waals surface area contributed by atoms with E-state index in [0.29, 0.717) is 18.7 Å². The minimum Gasteiger partial charge on any atom is -0.481 e. The molecular weight excluding hydrogens is 252 g/mol. The second-order valence-electron chi connectivity index (χ2n) is 5.87. The predicted molar refractivity (Wildman–Crippen MR) is 74.2 cm³/mol. The van der Waals surface area contributed by atoms with Crippen LogP contribution >= 0.6 is 0 Å². The lowest BCUT2D eigenvalue weighted by Crippen LogP contribution is -2.50. The van der Waals surface area contributed by atoms with Crippen molar-refractivity contribution < 1.29 is 9.84 Å². The monoisotopic (exact) mass is 270 g/mol. The summed E-state index contributed by atoms with van der Waals surface area (Å²) in [4.78, 5) is 4.48. The molecule has 1 heterocycles. The number of pyridine rings is 1. The van der Waals surface area contributed by atoms with Gasteiger partial charge in [-0.3, -0.25) is 0 Å². The zero-order valence-electron chi connectivity index (χ0n) is 11.8. The summed E-state index contributed by atoms with van der Waals surface area (Å²) in [6.07, 6.45) is 0.770. The van der Waals surface area contributed by atoms with Crippen molar-refractivity contribution in [3.63, 3.8) is 0 Å². The van der Waals surface area contributed by atoms with Gasteiger partial charge < -0.3 is 9.84 Å². The number of ether oxygens (including phenoxy) is 1. The van der Waals surface area contributed by atoms with Gasteiger partial charge in [0, 0.05) is 12.0 Å². The molecule has 4 nitrogen and oxygen atoms in total. The first-order valence-electron chi connectivity index (χ1n) is 6.86. The molecule has 1 aromatic rings. The van der Waals surface area contributed by atoms with Crippen molar-refractivity contribution in [1.29, 1.82) is 5.26 Å². The van der Waals surface area contributed by atoms with E-state index in [0.717, 1.165) is 16.8 Å². The molecule has 0 aliphatic heterocycles. The van der Waals surface area contributed by atoms with E-state index in [2.05, 4.69) is 17.6 Å². The first-order chi connectivity index (χ1) is 9.53. The molecule has 20 heavy (non-hydrogen) atoms. The molecule has 4 atom stereocenters. The highest BCUT2D eigenvalue weighted by Crippen LogP contribution is 2.52. The van der Waals surface area contributed by atoms with Crippen molar-refractivity contribution in [2.75, 3.05) is 7.11 Å². The smallest absolute Gasteiger partial charge is 0.213 e. The molecule has 0 aromatic carbocycles. The lowest BCUT2D eigenvalue weighted by Gasteiger charge is -2.48. The van der Waals surface area contributed by atoms with Crippen LogP contribution in [0.3, 0.4) is 0 Å². The third kappa shape index (κ3) is 1.53. The Labute approximate surface area is 118 Å². The topological polar surface area (TPSA) is 66.1 Å². The number of aliphatic hydroxyl groups excluding tert-OH is 1. The number of rotatable bonds is 1. The molecule has 2 bridgehead atoms. The molecule has 0 radical (unpaired) electrons. The molecule has 2 aliphatic carbocycles. The molecule has 1 saturated carbocycles. The Hall–Kier alpha value is -1.86. The Morgan fingerprint density at radius 3 is 2.95 bits per heavy atom.